The maximum Gasteiger partial charge on any atom is 0.167 e. The van der Waals surface area contributed by atoms with Gasteiger partial charge in [-0.15, -0.1) is 0 Å². The van der Waals surface area contributed by atoms with Gasteiger partial charge in [-0.25, -0.2) is 13.9 Å². The van der Waals surface area contributed by atoms with E-state index in [4.69, 9.17) is 9.72 Å². The van der Waals surface area contributed by atoms with Crippen LogP contribution in [0, 0.1) is 5.82 Å². The first kappa shape index (κ1) is 18.7. The molecule has 0 radical (unpaired) electrons. The third kappa shape index (κ3) is 2.95. The predicted molar refractivity (Wildman–Crippen MR) is 119 cm³/mol. The van der Waals surface area contributed by atoms with Gasteiger partial charge < -0.3 is 9.64 Å². The molecule has 0 amide bonds. The summed E-state index contributed by atoms with van der Waals surface area (Å²) in [4.78, 5) is 15.4. The molecule has 1 aromatic carbocycles. The minimum atomic E-state index is -0.438. The summed E-state index contributed by atoms with van der Waals surface area (Å²) in [6, 6.07) is 9.09. The van der Waals surface area contributed by atoms with Gasteiger partial charge in [0.2, 0.25) is 0 Å². The number of rotatable bonds is 4. The number of pyridine rings is 2. The second kappa shape index (κ2) is 7.26. The summed E-state index contributed by atoms with van der Waals surface area (Å²) >= 11 is 0. The molecule has 32 heavy (non-hydrogen) atoms. The van der Waals surface area contributed by atoms with E-state index in [-0.39, 0.29) is 5.75 Å². The van der Waals surface area contributed by atoms with Crippen LogP contribution in [0.2, 0.25) is 0 Å². The van der Waals surface area contributed by atoms with E-state index in [1.165, 1.54) is 18.7 Å². The van der Waals surface area contributed by atoms with Crippen molar-refractivity contribution >= 4 is 22.2 Å². The summed E-state index contributed by atoms with van der Waals surface area (Å²) in [6.45, 7) is 1.87. The van der Waals surface area contributed by atoms with Gasteiger partial charge in [0.05, 0.1) is 36.9 Å². The largest absolute Gasteiger partial charge is 0.494 e. The van der Waals surface area contributed by atoms with Crippen LogP contribution in [-0.4, -0.2) is 44.8 Å². The van der Waals surface area contributed by atoms with Crippen molar-refractivity contribution in [2.45, 2.75) is 5.92 Å². The van der Waals surface area contributed by atoms with Crippen LogP contribution < -0.4 is 9.64 Å². The zero-order valence-electron chi connectivity index (χ0n) is 17.3. The molecular formula is C24H19FN6O. The van der Waals surface area contributed by atoms with E-state index in [0.717, 1.165) is 40.9 Å². The number of aromatic nitrogens is 5. The zero-order valence-corrected chi connectivity index (χ0v) is 17.3. The fraction of sp³-hybridized carbons (Fsp3) is 0.167. The highest BCUT2D eigenvalue weighted by atomic mass is 19.1. The van der Waals surface area contributed by atoms with Crippen LogP contribution in [0.25, 0.3) is 27.7 Å². The molecule has 1 aliphatic heterocycles. The highest BCUT2D eigenvalue weighted by Gasteiger charge is 2.29. The molecule has 0 saturated carbocycles. The molecule has 0 bridgehead atoms. The van der Waals surface area contributed by atoms with Crippen molar-refractivity contribution in [1.82, 2.24) is 24.6 Å². The van der Waals surface area contributed by atoms with Gasteiger partial charge >= 0.3 is 0 Å². The zero-order chi connectivity index (χ0) is 21.7. The summed E-state index contributed by atoms with van der Waals surface area (Å²) in [7, 11) is 1.45. The van der Waals surface area contributed by atoms with E-state index >= 15 is 0 Å². The predicted octanol–water partition coefficient (Wildman–Crippen LogP) is 4.09. The highest BCUT2D eigenvalue weighted by Crippen LogP contribution is 2.35. The standard InChI is InChI=1S/C24H19FN6O/c1-32-23-8-19-18(4-7-27-22(19)9-21(23)25)20-11-29-31-14-17(10-28-24(20)31)30-12-16(13-30)15-2-5-26-6-3-15/h2-11,14,16H,12-13H2,1H3. The molecule has 1 aliphatic rings. The summed E-state index contributed by atoms with van der Waals surface area (Å²) < 4.78 is 21.1. The van der Waals surface area contributed by atoms with E-state index in [2.05, 4.69) is 32.1 Å². The molecule has 0 unspecified atom stereocenters. The van der Waals surface area contributed by atoms with E-state index in [1.807, 2.05) is 30.9 Å². The molecule has 158 valence electrons. The van der Waals surface area contributed by atoms with Crippen molar-refractivity contribution < 1.29 is 9.13 Å². The van der Waals surface area contributed by atoms with E-state index in [0.29, 0.717) is 11.4 Å². The van der Waals surface area contributed by atoms with Gasteiger partial charge in [-0.2, -0.15) is 5.10 Å². The first-order chi connectivity index (χ1) is 15.7. The Balaban J connectivity index is 1.34. The number of halogens is 1. The lowest BCUT2D eigenvalue weighted by Crippen LogP contribution is -2.45. The quantitative estimate of drug-likeness (QED) is 0.431. The Morgan fingerprint density at radius 1 is 1.00 bits per heavy atom. The van der Waals surface area contributed by atoms with Crippen molar-refractivity contribution in [2.75, 3.05) is 25.1 Å². The van der Waals surface area contributed by atoms with Crippen LogP contribution in [0.5, 0.6) is 5.75 Å². The number of ether oxygens (including phenoxy) is 1. The molecule has 5 aromatic rings. The molecule has 6 rings (SSSR count). The van der Waals surface area contributed by atoms with Crippen molar-refractivity contribution in [3.05, 3.63) is 78.9 Å². The molecule has 0 N–H and O–H groups in total. The van der Waals surface area contributed by atoms with E-state index < -0.39 is 5.82 Å². The monoisotopic (exact) mass is 426 g/mol. The Labute approximate surface area is 183 Å². The van der Waals surface area contributed by atoms with Crippen molar-refractivity contribution in [3.63, 3.8) is 0 Å². The van der Waals surface area contributed by atoms with Gasteiger partial charge in [0, 0.05) is 54.6 Å². The lowest BCUT2D eigenvalue weighted by Gasteiger charge is -2.41. The Kier molecular flexibility index (Phi) is 4.24. The number of anilines is 1. The SMILES string of the molecule is COc1cc2c(-c3cnn4cc(N5CC(c6ccncc6)C5)cnc34)ccnc2cc1F. The first-order valence-corrected chi connectivity index (χ1v) is 10.3. The Hall–Kier alpha value is -4.07. The summed E-state index contributed by atoms with van der Waals surface area (Å²) in [5.41, 5.74) is 5.36. The maximum atomic E-state index is 14.1. The summed E-state index contributed by atoms with van der Waals surface area (Å²) in [5, 5.41) is 5.32. The van der Waals surface area contributed by atoms with Crippen LogP contribution in [0.4, 0.5) is 10.1 Å². The number of benzene rings is 1. The van der Waals surface area contributed by atoms with Crippen molar-refractivity contribution in [3.8, 4) is 16.9 Å². The molecule has 0 spiro atoms. The third-order valence-electron chi connectivity index (χ3n) is 6.07. The Morgan fingerprint density at radius 3 is 2.66 bits per heavy atom. The van der Waals surface area contributed by atoms with Gasteiger partial charge in [-0.1, -0.05) is 0 Å². The minimum Gasteiger partial charge on any atom is -0.494 e. The van der Waals surface area contributed by atoms with Crippen molar-refractivity contribution in [1.29, 1.82) is 0 Å². The molecule has 1 fully saturated rings. The van der Waals surface area contributed by atoms with Crippen LogP contribution in [-0.2, 0) is 0 Å². The van der Waals surface area contributed by atoms with Gasteiger partial charge in [0.25, 0.3) is 0 Å². The van der Waals surface area contributed by atoms with Crippen LogP contribution in [0.15, 0.2) is 67.5 Å². The van der Waals surface area contributed by atoms with Crippen LogP contribution in [0.3, 0.4) is 0 Å². The normalized spacial score (nSPS) is 14.1. The topological polar surface area (TPSA) is 68.4 Å². The lowest BCUT2D eigenvalue weighted by atomic mass is 9.92. The second-order valence-electron chi connectivity index (χ2n) is 7.88. The van der Waals surface area contributed by atoms with Crippen LogP contribution in [0.1, 0.15) is 11.5 Å². The van der Waals surface area contributed by atoms with Crippen LogP contribution >= 0.6 is 0 Å². The van der Waals surface area contributed by atoms with E-state index in [9.17, 15) is 4.39 Å². The molecule has 0 atom stereocenters. The van der Waals surface area contributed by atoms with Crippen molar-refractivity contribution in [2.24, 2.45) is 0 Å². The molecule has 7 nitrogen and oxygen atoms in total. The smallest absolute Gasteiger partial charge is 0.167 e. The number of methoxy groups -OCH3 is 1. The molecule has 1 saturated heterocycles. The molecule has 4 aromatic heterocycles. The highest BCUT2D eigenvalue weighted by molar-refractivity contribution is 5.98. The second-order valence-corrected chi connectivity index (χ2v) is 7.88. The number of hydrogen-bond acceptors (Lipinski definition) is 6. The average molecular weight is 426 g/mol. The third-order valence-corrected chi connectivity index (χ3v) is 6.07. The first-order valence-electron chi connectivity index (χ1n) is 10.3. The van der Waals surface area contributed by atoms with Gasteiger partial charge in [0.1, 0.15) is 0 Å². The maximum absolute atomic E-state index is 14.1. The lowest BCUT2D eigenvalue weighted by molar-refractivity contribution is 0.387. The summed E-state index contributed by atoms with van der Waals surface area (Å²) in [6.07, 6.45) is 11.0. The van der Waals surface area contributed by atoms with Gasteiger partial charge in [-0.3, -0.25) is 9.97 Å². The number of hydrogen-bond donors (Lipinski definition) is 0. The fourth-order valence-electron chi connectivity index (χ4n) is 4.29. The average Bonchev–Trinajstić information content (AvgIpc) is 3.21. The number of fused-ring (bicyclic) bond motifs is 2. The minimum absolute atomic E-state index is 0.181. The molecule has 8 heteroatoms. The molecule has 0 aliphatic carbocycles. The van der Waals surface area contributed by atoms with Gasteiger partial charge in [0.15, 0.2) is 17.2 Å². The Bertz CT molecular complexity index is 1450. The molecule has 5 heterocycles. The van der Waals surface area contributed by atoms with Gasteiger partial charge in [-0.05, 0) is 35.4 Å². The Morgan fingerprint density at radius 2 is 1.84 bits per heavy atom. The fourth-order valence-corrected chi connectivity index (χ4v) is 4.29. The summed E-state index contributed by atoms with van der Waals surface area (Å²) in [5.74, 6) is 0.243. The number of nitrogens with zero attached hydrogens (tertiary/aromatic N) is 6. The van der Waals surface area contributed by atoms with E-state index in [1.54, 1.807) is 23.0 Å². The molecular weight excluding hydrogens is 407 g/mol.